The highest BCUT2D eigenvalue weighted by atomic mass is 32.1. The van der Waals surface area contributed by atoms with Crippen LogP contribution in [-0.2, 0) is 6.54 Å². The Balaban J connectivity index is 2.25. The molecule has 1 heterocycles. The van der Waals surface area contributed by atoms with Gasteiger partial charge in [-0.2, -0.15) is 5.10 Å². The molecule has 0 amide bonds. The fourth-order valence-corrected chi connectivity index (χ4v) is 2.39. The molecule has 19 heavy (non-hydrogen) atoms. The number of hydrogen-bond acceptors (Lipinski definition) is 3. The van der Waals surface area contributed by atoms with E-state index in [-0.39, 0.29) is 6.10 Å². The molecule has 0 unspecified atom stereocenters. The number of H-pyrrole nitrogens is 1. The Morgan fingerprint density at radius 3 is 2.79 bits per heavy atom. The van der Waals surface area contributed by atoms with Crippen molar-refractivity contribution < 1.29 is 4.74 Å². The second kappa shape index (κ2) is 5.57. The summed E-state index contributed by atoms with van der Waals surface area (Å²) < 4.78 is 8.57. The van der Waals surface area contributed by atoms with E-state index in [0.29, 0.717) is 4.77 Å². The van der Waals surface area contributed by atoms with E-state index in [2.05, 4.69) is 23.2 Å². The zero-order valence-electron chi connectivity index (χ0n) is 11.7. The smallest absolute Gasteiger partial charge is 0.195 e. The molecule has 1 N–H and O–H groups in total. The van der Waals surface area contributed by atoms with Crippen LogP contribution < -0.4 is 4.74 Å². The molecule has 0 saturated carbocycles. The van der Waals surface area contributed by atoms with Gasteiger partial charge in [-0.15, -0.1) is 0 Å². The number of aryl methyl sites for hydroxylation is 2. The first kappa shape index (κ1) is 13.8. The number of aromatic amines is 1. The van der Waals surface area contributed by atoms with Crippen molar-refractivity contribution >= 4 is 12.2 Å². The van der Waals surface area contributed by atoms with Crippen LogP contribution in [0.5, 0.6) is 5.75 Å². The largest absolute Gasteiger partial charge is 0.482 e. The van der Waals surface area contributed by atoms with Crippen LogP contribution in [0.1, 0.15) is 36.9 Å². The van der Waals surface area contributed by atoms with Crippen LogP contribution in [0.25, 0.3) is 0 Å². The molecule has 1 atom stereocenters. The molecule has 2 aromatic rings. The Kier molecular flexibility index (Phi) is 4.04. The van der Waals surface area contributed by atoms with Crippen LogP contribution in [0.3, 0.4) is 0 Å². The van der Waals surface area contributed by atoms with E-state index in [1.54, 1.807) is 0 Å². The highest BCUT2D eigenvalue weighted by molar-refractivity contribution is 7.71. The van der Waals surface area contributed by atoms with Gasteiger partial charge in [0.2, 0.25) is 0 Å². The van der Waals surface area contributed by atoms with E-state index >= 15 is 0 Å². The second-order valence-electron chi connectivity index (χ2n) is 4.66. The van der Waals surface area contributed by atoms with E-state index < -0.39 is 0 Å². The summed E-state index contributed by atoms with van der Waals surface area (Å²) in [4.78, 5) is 0. The van der Waals surface area contributed by atoms with Crippen LogP contribution in [0.4, 0.5) is 0 Å². The fourth-order valence-electron chi connectivity index (χ4n) is 2.12. The average molecular weight is 277 g/mol. The summed E-state index contributed by atoms with van der Waals surface area (Å²) in [6.07, 6.45) is -0.144. The molecule has 0 aliphatic rings. The van der Waals surface area contributed by atoms with Gasteiger partial charge in [-0.05, 0) is 51.5 Å². The van der Waals surface area contributed by atoms with Crippen LogP contribution in [0.2, 0.25) is 0 Å². The summed E-state index contributed by atoms with van der Waals surface area (Å²) in [5.74, 6) is 1.71. The molecular formula is C14H19N3OS. The number of nitrogens with zero attached hydrogens (tertiary/aromatic N) is 2. The molecule has 4 nitrogen and oxygen atoms in total. The molecule has 1 aromatic carbocycles. The number of benzene rings is 1. The van der Waals surface area contributed by atoms with Crippen LogP contribution in [-0.4, -0.2) is 14.8 Å². The number of nitrogens with one attached hydrogen (secondary N) is 1. The standard InChI is InChI=1S/C14H19N3OS/c1-5-17-13(15-16-14(17)19)11(4)18-12-7-6-9(2)8-10(12)3/h6-8,11H,5H2,1-4H3,(H,16,19)/t11-/m1/s1. The first-order chi connectivity index (χ1) is 9.02. The SMILES string of the molecule is CCn1c([C@@H](C)Oc2ccc(C)cc2C)n[nH]c1=S. The summed E-state index contributed by atoms with van der Waals surface area (Å²) in [5, 5.41) is 7.07. The molecule has 5 heteroatoms. The van der Waals surface area contributed by atoms with Gasteiger partial charge in [-0.3, -0.25) is 5.10 Å². The summed E-state index contributed by atoms with van der Waals surface area (Å²) in [5.41, 5.74) is 2.36. The van der Waals surface area contributed by atoms with Crippen molar-refractivity contribution in [1.82, 2.24) is 14.8 Å². The van der Waals surface area contributed by atoms with Crippen LogP contribution in [0.15, 0.2) is 18.2 Å². The Labute approximate surface area is 118 Å². The van der Waals surface area contributed by atoms with E-state index in [0.717, 1.165) is 23.7 Å². The molecule has 1 aromatic heterocycles. The van der Waals surface area contributed by atoms with Gasteiger partial charge in [0.25, 0.3) is 0 Å². The van der Waals surface area contributed by atoms with Crippen LogP contribution in [0, 0.1) is 18.6 Å². The molecule has 0 fully saturated rings. The molecule has 0 aliphatic heterocycles. The number of hydrogen-bond donors (Lipinski definition) is 1. The van der Waals surface area contributed by atoms with Gasteiger partial charge in [0.05, 0.1) is 0 Å². The molecule has 0 spiro atoms. The molecule has 0 aliphatic carbocycles. The predicted molar refractivity (Wildman–Crippen MR) is 78.0 cm³/mol. The maximum Gasteiger partial charge on any atom is 0.195 e. The Morgan fingerprint density at radius 2 is 2.16 bits per heavy atom. The average Bonchev–Trinajstić information content (AvgIpc) is 2.74. The van der Waals surface area contributed by atoms with Crippen molar-refractivity contribution in [3.05, 3.63) is 39.9 Å². The fraction of sp³-hybridized carbons (Fsp3) is 0.429. The van der Waals surface area contributed by atoms with E-state index in [1.807, 2.05) is 37.5 Å². The predicted octanol–water partition coefficient (Wildman–Crippen LogP) is 3.72. The first-order valence-electron chi connectivity index (χ1n) is 6.42. The van der Waals surface area contributed by atoms with Gasteiger partial charge >= 0.3 is 0 Å². The zero-order chi connectivity index (χ0) is 14.0. The van der Waals surface area contributed by atoms with Crippen molar-refractivity contribution in [1.29, 1.82) is 0 Å². The van der Waals surface area contributed by atoms with E-state index in [4.69, 9.17) is 17.0 Å². The number of rotatable bonds is 4. The van der Waals surface area contributed by atoms with Crippen molar-refractivity contribution in [2.75, 3.05) is 0 Å². The maximum absolute atomic E-state index is 5.99. The van der Waals surface area contributed by atoms with Gasteiger partial charge in [-0.1, -0.05) is 17.7 Å². The highest BCUT2D eigenvalue weighted by Gasteiger charge is 2.15. The normalized spacial score (nSPS) is 12.4. The molecule has 0 radical (unpaired) electrons. The lowest BCUT2D eigenvalue weighted by molar-refractivity contribution is 0.209. The summed E-state index contributed by atoms with van der Waals surface area (Å²) in [6.45, 7) is 8.93. The van der Waals surface area contributed by atoms with Crippen LogP contribution >= 0.6 is 12.2 Å². The summed E-state index contributed by atoms with van der Waals surface area (Å²) >= 11 is 5.19. The third-order valence-electron chi connectivity index (χ3n) is 3.10. The minimum absolute atomic E-state index is 0.144. The minimum atomic E-state index is -0.144. The lowest BCUT2D eigenvalue weighted by atomic mass is 10.1. The third-order valence-corrected chi connectivity index (χ3v) is 3.41. The molecule has 0 bridgehead atoms. The Hall–Kier alpha value is -1.62. The van der Waals surface area contributed by atoms with Gasteiger partial charge in [0.15, 0.2) is 16.7 Å². The van der Waals surface area contributed by atoms with Crippen molar-refractivity contribution in [2.45, 2.75) is 40.3 Å². The Bertz CT molecular complexity index is 630. The summed E-state index contributed by atoms with van der Waals surface area (Å²) in [7, 11) is 0. The molecule has 2 rings (SSSR count). The van der Waals surface area contributed by atoms with Gasteiger partial charge in [0.1, 0.15) is 5.75 Å². The topological polar surface area (TPSA) is 42.8 Å². The monoisotopic (exact) mass is 277 g/mol. The molecule has 0 saturated heterocycles. The number of aromatic nitrogens is 3. The van der Waals surface area contributed by atoms with Gasteiger partial charge in [-0.25, -0.2) is 0 Å². The highest BCUT2D eigenvalue weighted by Crippen LogP contribution is 2.24. The van der Waals surface area contributed by atoms with E-state index in [1.165, 1.54) is 5.56 Å². The lowest BCUT2D eigenvalue weighted by Crippen LogP contribution is -2.11. The Morgan fingerprint density at radius 1 is 1.42 bits per heavy atom. The van der Waals surface area contributed by atoms with E-state index in [9.17, 15) is 0 Å². The quantitative estimate of drug-likeness (QED) is 0.866. The minimum Gasteiger partial charge on any atom is -0.482 e. The van der Waals surface area contributed by atoms with Crippen molar-refractivity contribution in [3.8, 4) is 5.75 Å². The third kappa shape index (κ3) is 2.87. The van der Waals surface area contributed by atoms with Gasteiger partial charge in [0, 0.05) is 6.54 Å². The van der Waals surface area contributed by atoms with Crippen molar-refractivity contribution in [3.63, 3.8) is 0 Å². The maximum atomic E-state index is 5.99. The molecule has 102 valence electrons. The first-order valence-corrected chi connectivity index (χ1v) is 6.82. The second-order valence-corrected chi connectivity index (χ2v) is 5.05. The molecular weight excluding hydrogens is 258 g/mol. The zero-order valence-corrected chi connectivity index (χ0v) is 12.5. The summed E-state index contributed by atoms with van der Waals surface area (Å²) in [6, 6.07) is 6.16. The lowest BCUT2D eigenvalue weighted by Gasteiger charge is -2.16. The van der Waals surface area contributed by atoms with Crippen molar-refractivity contribution in [2.24, 2.45) is 0 Å². The van der Waals surface area contributed by atoms with Gasteiger partial charge < -0.3 is 9.30 Å². The number of ether oxygens (including phenoxy) is 1.